The summed E-state index contributed by atoms with van der Waals surface area (Å²) in [5.74, 6) is 0. The maximum absolute atomic E-state index is 10.9. The van der Waals surface area contributed by atoms with Crippen LogP contribution in [0.1, 0.15) is 19.3 Å². The zero-order valence-corrected chi connectivity index (χ0v) is 7.69. The van der Waals surface area contributed by atoms with Crippen LogP contribution < -0.4 is 11.5 Å². The van der Waals surface area contributed by atoms with Crippen LogP contribution >= 0.6 is 11.8 Å². The molecule has 3 nitrogen and oxygen atoms in total. The monoisotopic (exact) mass is 176 g/mol. The lowest BCUT2D eigenvalue weighted by molar-refractivity contribution is -0.112. The van der Waals surface area contributed by atoms with Gasteiger partial charge in [0.2, 0.25) is 5.12 Å². The van der Waals surface area contributed by atoms with E-state index in [1.54, 1.807) is 6.26 Å². The first-order valence-electron chi connectivity index (χ1n) is 3.76. The number of nitrogens with two attached hydrogens (primary N) is 2. The standard InChI is InChI=1S/C7H16N2OS/c1-11-7(10)6(9)4-2-3-5-8/h6H,2-5,8-9H2,1H3/t6-/m0/s1. The fourth-order valence-corrected chi connectivity index (χ4v) is 1.20. The predicted molar refractivity (Wildman–Crippen MR) is 49.4 cm³/mol. The second-order valence-electron chi connectivity index (χ2n) is 2.41. The molecule has 0 aromatic heterocycles. The van der Waals surface area contributed by atoms with E-state index in [0.29, 0.717) is 6.54 Å². The molecule has 0 amide bonds. The van der Waals surface area contributed by atoms with Gasteiger partial charge >= 0.3 is 0 Å². The zero-order chi connectivity index (χ0) is 8.69. The first kappa shape index (κ1) is 10.9. The summed E-state index contributed by atoms with van der Waals surface area (Å²) in [4.78, 5) is 10.9. The highest BCUT2D eigenvalue weighted by Gasteiger charge is 2.10. The predicted octanol–water partition coefficient (Wildman–Crippen LogP) is 0.332. The molecule has 0 heterocycles. The topological polar surface area (TPSA) is 69.1 Å². The number of thioether (sulfide) groups is 1. The molecule has 4 heteroatoms. The van der Waals surface area contributed by atoms with E-state index in [0.717, 1.165) is 19.3 Å². The minimum atomic E-state index is -0.295. The van der Waals surface area contributed by atoms with E-state index in [1.807, 2.05) is 0 Å². The molecule has 0 fully saturated rings. The van der Waals surface area contributed by atoms with Crippen LogP contribution in [0.3, 0.4) is 0 Å². The van der Waals surface area contributed by atoms with Crippen molar-refractivity contribution in [2.75, 3.05) is 12.8 Å². The van der Waals surface area contributed by atoms with E-state index in [2.05, 4.69) is 0 Å². The summed E-state index contributed by atoms with van der Waals surface area (Å²) < 4.78 is 0. The van der Waals surface area contributed by atoms with Gasteiger partial charge in [0.25, 0.3) is 0 Å². The van der Waals surface area contributed by atoms with Gasteiger partial charge in [-0.25, -0.2) is 0 Å². The quantitative estimate of drug-likeness (QED) is 0.592. The van der Waals surface area contributed by atoms with Gasteiger partial charge in [-0.05, 0) is 25.6 Å². The maximum atomic E-state index is 10.9. The highest BCUT2D eigenvalue weighted by Crippen LogP contribution is 2.05. The van der Waals surface area contributed by atoms with Crippen molar-refractivity contribution in [3.8, 4) is 0 Å². The van der Waals surface area contributed by atoms with Crippen molar-refractivity contribution in [2.24, 2.45) is 11.5 Å². The number of unbranched alkanes of at least 4 members (excludes halogenated alkanes) is 1. The van der Waals surface area contributed by atoms with Crippen LogP contribution in [0, 0.1) is 0 Å². The Kier molecular flexibility index (Phi) is 6.60. The molecule has 0 saturated heterocycles. The van der Waals surface area contributed by atoms with Crippen molar-refractivity contribution < 1.29 is 4.79 Å². The fourth-order valence-electron chi connectivity index (χ4n) is 0.778. The fraction of sp³-hybridized carbons (Fsp3) is 0.857. The Bertz CT molecular complexity index is 119. The molecule has 0 radical (unpaired) electrons. The molecule has 0 aliphatic carbocycles. The Labute approximate surface area is 71.9 Å². The van der Waals surface area contributed by atoms with E-state index in [-0.39, 0.29) is 11.2 Å². The summed E-state index contributed by atoms with van der Waals surface area (Å²) in [5, 5.41) is 0.0713. The molecule has 0 aliphatic heterocycles. The summed E-state index contributed by atoms with van der Waals surface area (Å²) >= 11 is 1.20. The SMILES string of the molecule is CSC(=O)[C@@H](N)CCCCN. The Hall–Kier alpha value is -0.0600. The molecule has 0 aromatic carbocycles. The lowest BCUT2D eigenvalue weighted by Gasteiger charge is -2.06. The van der Waals surface area contributed by atoms with Gasteiger partial charge in [0, 0.05) is 0 Å². The van der Waals surface area contributed by atoms with Crippen LogP contribution in [-0.4, -0.2) is 24.0 Å². The molecule has 0 aromatic rings. The van der Waals surface area contributed by atoms with Crippen LogP contribution in [0.25, 0.3) is 0 Å². The number of carbonyl (C=O) groups excluding carboxylic acids is 1. The summed E-state index contributed by atoms with van der Waals surface area (Å²) in [7, 11) is 0. The van der Waals surface area contributed by atoms with E-state index in [4.69, 9.17) is 11.5 Å². The van der Waals surface area contributed by atoms with E-state index >= 15 is 0 Å². The van der Waals surface area contributed by atoms with Gasteiger partial charge in [-0.15, -0.1) is 0 Å². The molecule has 0 saturated carbocycles. The highest BCUT2D eigenvalue weighted by molar-refractivity contribution is 8.13. The smallest absolute Gasteiger partial charge is 0.205 e. The average molecular weight is 176 g/mol. The Morgan fingerprint density at radius 1 is 1.55 bits per heavy atom. The number of hydrogen-bond acceptors (Lipinski definition) is 4. The second-order valence-corrected chi connectivity index (χ2v) is 3.22. The van der Waals surface area contributed by atoms with Crippen LogP contribution in [-0.2, 0) is 4.79 Å². The Morgan fingerprint density at radius 2 is 2.18 bits per heavy atom. The molecule has 66 valence electrons. The minimum absolute atomic E-state index is 0.0713. The van der Waals surface area contributed by atoms with Gasteiger partial charge in [0.1, 0.15) is 0 Å². The number of rotatable bonds is 5. The largest absolute Gasteiger partial charge is 0.330 e. The van der Waals surface area contributed by atoms with Gasteiger partial charge in [0.15, 0.2) is 0 Å². The van der Waals surface area contributed by atoms with Gasteiger partial charge in [-0.1, -0.05) is 18.2 Å². The van der Waals surface area contributed by atoms with Crippen molar-refractivity contribution in [3.05, 3.63) is 0 Å². The third kappa shape index (κ3) is 5.24. The summed E-state index contributed by atoms with van der Waals surface area (Å²) in [6, 6.07) is -0.295. The van der Waals surface area contributed by atoms with Crippen LogP contribution in [0.2, 0.25) is 0 Å². The summed E-state index contributed by atoms with van der Waals surface area (Å²) in [6.45, 7) is 0.681. The second kappa shape index (κ2) is 6.64. The van der Waals surface area contributed by atoms with E-state index in [1.165, 1.54) is 11.8 Å². The molecule has 0 rings (SSSR count). The number of carbonyl (C=O) groups is 1. The number of hydrogen-bond donors (Lipinski definition) is 2. The van der Waals surface area contributed by atoms with Gasteiger partial charge < -0.3 is 11.5 Å². The van der Waals surface area contributed by atoms with E-state index in [9.17, 15) is 4.79 Å². The van der Waals surface area contributed by atoms with Crippen molar-refractivity contribution in [1.82, 2.24) is 0 Å². The lowest BCUT2D eigenvalue weighted by atomic mass is 10.1. The molecular formula is C7H16N2OS. The van der Waals surface area contributed by atoms with Crippen LogP contribution in [0.15, 0.2) is 0 Å². The molecule has 11 heavy (non-hydrogen) atoms. The van der Waals surface area contributed by atoms with Gasteiger partial charge in [-0.2, -0.15) is 0 Å². The van der Waals surface area contributed by atoms with Crippen molar-refractivity contribution >= 4 is 16.9 Å². The zero-order valence-electron chi connectivity index (χ0n) is 6.88. The third-order valence-corrected chi connectivity index (χ3v) is 2.18. The van der Waals surface area contributed by atoms with Crippen molar-refractivity contribution in [1.29, 1.82) is 0 Å². The van der Waals surface area contributed by atoms with Crippen LogP contribution in [0.4, 0.5) is 0 Å². The molecule has 1 atom stereocenters. The molecule has 0 bridgehead atoms. The van der Waals surface area contributed by atoms with Gasteiger partial charge in [-0.3, -0.25) is 4.79 Å². The summed E-state index contributed by atoms with van der Waals surface area (Å²) in [5.41, 5.74) is 10.8. The third-order valence-electron chi connectivity index (χ3n) is 1.47. The summed E-state index contributed by atoms with van der Waals surface area (Å²) in [6.07, 6.45) is 4.42. The first-order valence-corrected chi connectivity index (χ1v) is 4.98. The molecule has 0 spiro atoms. The molecule has 0 aliphatic rings. The van der Waals surface area contributed by atoms with Crippen LogP contribution in [0.5, 0.6) is 0 Å². The lowest BCUT2D eigenvalue weighted by Crippen LogP contribution is -2.27. The Morgan fingerprint density at radius 3 is 2.64 bits per heavy atom. The Balaban J connectivity index is 3.36. The minimum Gasteiger partial charge on any atom is -0.330 e. The van der Waals surface area contributed by atoms with E-state index < -0.39 is 0 Å². The molecule has 4 N–H and O–H groups in total. The average Bonchev–Trinajstić information content (AvgIpc) is 2.03. The molecule has 0 unspecified atom stereocenters. The first-order chi connectivity index (χ1) is 5.22. The highest BCUT2D eigenvalue weighted by atomic mass is 32.2. The van der Waals surface area contributed by atoms with Gasteiger partial charge in [0.05, 0.1) is 6.04 Å². The maximum Gasteiger partial charge on any atom is 0.205 e. The normalized spacial score (nSPS) is 13.0. The molecular weight excluding hydrogens is 160 g/mol. The van der Waals surface area contributed by atoms with Crippen molar-refractivity contribution in [2.45, 2.75) is 25.3 Å². The van der Waals surface area contributed by atoms with Crippen molar-refractivity contribution in [3.63, 3.8) is 0 Å².